The number of hydrogen-bond donors (Lipinski definition) is 1. The van der Waals surface area contributed by atoms with Crippen molar-refractivity contribution in [3.8, 4) is 11.5 Å². The number of rotatable bonds is 4. The molecule has 1 amide bonds. The molecule has 23 heavy (non-hydrogen) atoms. The number of methoxy groups -OCH3 is 2. The number of fused-ring (bicyclic) bond motifs is 1. The molecule has 0 atom stereocenters. The largest absolute Gasteiger partial charge is 0.496 e. The molecule has 118 valence electrons. The number of carbonyl (C=O) groups is 1. The highest BCUT2D eigenvalue weighted by molar-refractivity contribution is 6.08. The maximum atomic E-state index is 12.6. The summed E-state index contributed by atoms with van der Waals surface area (Å²) in [4.78, 5) is 16.8. The van der Waals surface area contributed by atoms with E-state index in [0.29, 0.717) is 34.2 Å². The van der Waals surface area contributed by atoms with Crippen LogP contribution in [0.1, 0.15) is 16.2 Å². The summed E-state index contributed by atoms with van der Waals surface area (Å²) in [5.74, 6) is 1.14. The SMILES string of the molecule is COc1cccc(OC)c1C(=O)Nc1ccc2nc(C)oc2c1. The van der Waals surface area contributed by atoms with Crippen LogP contribution in [0, 0.1) is 6.92 Å². The molecule has 0 spiro atoms. The minimum absolute atomic E-state index is 0.324. The molecule has 0 unspecified atom stereocenters. The fourth-order valence-corrected chi connectivity index (χ4v) is 2.39. The number of ether oxygens (including phenoxy) is 2. The third-order valence-electron chi connectivity index (χ3n) is 3.41. The third kappa shape index (κ3) is 2.83. The van der Waals surface area contributed by atoms with Crippen LogP contribution in [-0.4, -0.2) is 25.1 Å². The molecule has 0 saturated heterocycles. The zero-order valence-corrected chi connectivity index (χ0v) is 13.0. The second-order valence-electron chi connectivity index (χ2n) is 4.91. The summed E-state index contributed by atoms with van der Waals surface area (Å²) in [6.07, 6.45) is 0. The maximum Gasteiger partial charge on any atom is 0.263 e. The molecule has 6 nitrogen and oxygen atoms in total. The third-order valence-corrected chi connectivity index (χ3v) is 3.41. The summed E-state index contributed by atoms with van der Waals surface area (Å²) in [6.45, 7) is 1.78. The van der Waals surface area contributed by atoms with E-state index in [1.165, 1.54) is 14.2 Å². The van der Waals surface area contributed by atoms with Gasteiger partial charge in [-0.2, -0.15) is 0 Å². The average Bonchev–Trinajstić information content (AvgIpc) is 2.93. The summed E-state index contributed by atoms with van der Waals surface area (Å²) in [5.41, 5.74) is 2.31. The quantitative estimate of drug-likeness (QED) is 0.799. The van der Waals surface area contributed by atoms with Gasteiger partial charge in [0.15, 0.2) is 11.5 Å². The van der Waals surface area contributed by atoms with Crippen LogP contribution in [0.3, 0.4) is 0 Å². The van der Waals surface area contributed by atoms with Gasteiger partial charge in [-0.3, -0.25) is 4.79 Å². The van der Waals surface area contributed by atoms with Gasteiger partial charge >= 0.3 is 0 Å². The van der Waals surface area contributed by atoms with Crippen molar-refractivity contribution in [2.75, 3.05) is 19.5 Å². The van der Waals surface area contributed by atoms with Gasteiger partial charge in [-0.15, -0.1) is 0 Å². The fourth-order valence-electron chi connectivity index (χ4n) is 2.39. The lowest BCUT2D eigenvalue weighted by molar-refractivity contribution is 0.102. The van der Waals surface area contributed by atoms with Crippen molar-refractivity contribution in [2.45, 2.75) is 6.92 Å². The van der Waals surface area contributed by atoms with Gasteiger partial charge in [0.2, 0.25) is 0 Å². The molecule has 3 aromatic rings. The Balaban J connectivity index is 1.94. The molecule has 2 aromatic carbocycles. The highest BCUT2D eigenvalue weighted by Crippen LogP contribution is 2.29. The van der Waals surface area contributed by atoms with E-state index in [1.54, 1.807) is 43.3 Å². The monoisotopic (exact) mass is 312 g/mol. The van der Waals surface area contributed by atoms with E-state index in [4.69, 9.17) is 13.9 Å². The smallest absolute Gasteiger partial charge is 0.263 e. The van der Waals surface area contributed by atoms with Crippen LogP contribution in [-0.2, 0) is 0 Å². The Morgan fingerprint density at radius 2 is 1.83 bits per heavy atom. The summed E-state index contributed by atoms with van der Waals surface area (Å²) >= 11 is 0. The molecule has 1 aromatic heterocycles. The number of nitrogens with one attached hydrogen (secondary N) is 1. The molecule has 0 bridgehead atoms. The Bertz CT molecular complexity index is 848. The van der Waals surface area contributed by atoms with Crippen molar-refractivity contribution in [2.24, 2.45) is 0 Å². The number of aryl methyl sites for hydroxylation is 1. The second kappa shape index (κ2) is 6.00. The number of nitrogens with zero attached hydrogens (tertiary/aromatic N) is 1. The van der Waals surface area contributed by atoms with Crippen LogP contribution >= 0.6 is 0 Å². The summed E-state index contributed by atoms with van der Waals surface area (Å²) in [6, 6.07) is 10.5. The number of carbonyl (C=O) groups excluding carboxylic acids is 1. The van der Waals surface area contributed by atoms with Crippen molar-refractivity contribution < 1.29 is 18.7 Å². The number of anilines is 1. The second-order valence-corrected chi connectivity index (χ2v) is 4.91. The molecule has 1 heterocycles. The summed E-state index contributed by atoms with van der Waals surface area (Å²) in [7, 11) is 3.02. The van der Waals surface area contributed by atoms with Crippen molar-refractivity contribution in [1.82, 2.24) is 4.98 Å². The van der Waals surface area contributed by atoms with Gasteiger partial charge in [0.1, 0.15) is 22.6 Å². The van der Waals surface area contributed by atoms with E-state index in [0.717, 1.165) is 5.52 Å². The summed E-state index contributed by atoms with van der Waals surface area (Å²) < 4.78 is 16.0. The van der Waals surface area contributed by atoms with Crippen LogP contribution in [0.4, 0.5) is 5.69 Å². The van der Waals surface area contributed by atoms with E-state index in [-0.39, 0.29) is 5.91 Å². The standard InChI is InChI=1S/C17H16N2O4/c1-10-18-12-8-7-11(9-15(12)23-10)19-17(20)16-13(21-2)5-4-6-14(16)22-3/h4-9H,1-3H3,(H,19,20). The number of benzene rings is 2. The Morgan fingerprint density at radius 1 is 1.13 bits per heavy atom. The fraction of sp³-hybridized carbons (Fsp3) is 0.176. The van der Waals surface area contributed by atoms with Gasteiger partial charge in [0.25, 0.3) is 5.91 Å². The molecule has 0 aliphatic heterocycles. The van der Waals surface area contributed by atoms with Crippen LogP contribution in [0.5, 0.6) is 11.5 Å². The first-order valence-electron chi connectivity index (χ1n) is 7.02. The molecule has 0 aliphatic rings. The molecule has 1 N–H and O–H groups in total. The lowest BCUT2D eigenvalue weighted by atomic mass is 10.1. The molecular weight excluding hydrogens is 296 g/mol. The van der Waals surface area contributed by atoms with E-state index in [9.17, 15) is 4.79 Å². The molecule has 0 aliphatic carbocycles. The van der Waals surface area contributed by atoms with Crippen LogP contribution in [0.25, 0.3) is 11.1 Å². The number of aromatic nitrogens is 1. The van der Waals surface area contributed by atoms with Crippen molar-refractivity contribution >= 4 is 22.7 Å². The number of oxazole rings is 1. The zero-order valence-electron chi connectivity index (χ0n) is 13.0. The van der Waals surface area contributed by atoms with Crippen molar-refractivity contribution in [1.29, 1.82) is 0 Å². The van der Waals surface area contributed by atoms with Gasteiger partial charge in [0.05, 0.1) is 14.2 Å². The highest BCUT2D eigenvalue weighted by Gasteiger charge is 2.18. The van der Waals surface area contributed by atoms with Gasteiger partial charge in [-0.25, -0.2) is 4.98 Å². The molecule has 0 radical (unpaired) electrons. The van der Waals surface area contributed by atoms with E-state index in [1.807, 2.05) is 0 Å². The van der Waals surface area contributed by atoms with Crippen LogP contribution in [0.15, 0.2) is 40.8 Å². The van der Waals surface area contributed by atoms with E-state index >= 15 is 0 Å². The molecule has 0 saturated carbocycles. The minimum Gasteiger partial charge on any atom is -0.496 e. The Kier molecular flexibility index (Phi) is 3.89. The predicted octanol–water partition coefficient (Wildman–Crippen LogP) is 3.41. The van der Waals surface area contributed by atoms with E-state index < -0.39 is 0 Å². The highest BCUT2D eigenvalue weighted by atomic mass is 16.5. The van der Waals surface area contributed by atoms with Crippen LogP contribution in [0.2, 0.25) is 0 Å². The van der Waals surface area contributed by atoms with Crippen molar-refractivity contribution in [3.05, 3.63) is 47.9 Å². The van der Waals surface area contributed by atoms with Gasteiger partial charge in [0, 0.05) is 18.7 Å². The first-order valence-corrected chi connectivity index (χ1v) is 7.02. The molecule has 3 rings (SSSR count). The normalized spacial score (nSPS) is 10.6. The molecule has 0 fully saturated rings. The Hall–Kier alpha value is -3.02. The Labute approximate surface area is 133 Å². The van der Waals surface area contributed by atoms with Gasteiger partial charge in [-0.1, -0.05) is 6.07 Å². The number of amides is 1. The Morgan fingerprint density at radius 3 is 2.48 bits per heavy atom. The van der Waals surface area contributed by atoms with Gasteiger partial charge in [-0.05, 0) is 24.3 Å². The lowest BCUT2D eigenvalue weighted by Crippen LogP contribution is -2.14. The molecular formula is C17H16N2O4. The van der Waals surface area contributed by atoms with Crippen molar-refractivity contribution in [3.63, 3.8) is 0 Å². The zero-order chi connectivity index (χ0) is 16.4. The van der Waals surface area contributed by atoms with Gasteiger partial charge < -0.3 is 19.2 Å². The first-order chi connectivity index (χ1) is 11.1. The predicted molar refractivity (Wildman–Crippen MR) is 86.2 cm³/mol. The topological polar surface area (TPSA) is 73.6 Å². The minimum atomic E-state index is -0.324. The summed E-state index contributed by atoms with van der Waals surface area (Å²) in [5, 5.41) is 2.82. The van der Waals surface area contributed by atoms with E-state index in [2.05, 4.69) is 10.3 Å². The molecule has 6 heteroatoms. The van der Waals surface area contributed by atoms with Crippen LogP contribution < -0.4 is 14.8 Å². The number of hydrogen-bond acceptors (Lipinski definition) is 5. The maximum absolute atomic E-state index is 12.6. The average molecular weight is 312 g/mol. The first kappa shape index (κ1) is 14.9. The lowest BCUT2D eigenvalue weighted by Gasteiger charge is -2.12.